The maximum Gasteiger partial charge on any atom is 0.255 e. The first-order valence-corrected chi connectivity index (χ1v) is 3.58. The lowest BCUT2D eigenvalue weighted by Crippen LogP contribution is -2.25. The highest BCUT2D eigenvalue weighted by atomic mass is 79.9. The topological polar surface area (TPSA) is 29.1 Å². The summed E-state index contributed by atoms with van der Waals surface area (Å²) in [7, 11) is 0. The first-order chi connectivity index (χ1) is 3.63. The first kappa shape index (κ1) is 6.29. The largest absolute Gasteiger partial charge is 0.331 e. The Kier molecular flexibility index (Phi) is 1.45. The van der Waals surface area contributed by atoms with Crippen LogP contribution in [0.4, 0.5) is 0 Å². The van der Waals surface area contributed by atoms with Crippen molar-refractivity contribution in [2.45, 2.75) is 3.23 Å². The SMILES string of the molecule is O=C1NC=CC1(Br)Br. The van der Waals surface area contributed by atoms with Gasteiger partial charge in [0.15, 0.2) is 3.23 Å². The highest BCUT2D eigenvalue weighted by Gasteiger charge is 2.32. The molecule has 1 rings (SSSR count). The standard InChI is InChI=1S/C4H3Br2NO/c5-4(6)1-2-7-3(4)8/h1-2H,(H,7,8). The van der Waals surface area contributed by atoms with E-state index in [1.54, 1.807) is 12.3 Å². The average Bonchev–Trinajstić information content (AvgIpc) is 1.86. The van der Waals surface area contributed by atoms with Gasteiger partial charge in [0.25, 0.3) is 5.91 Å². The van der Waals surface area contributed by atoms with Crippen LogP contribution in [-0.2, 0) is 4.79 Å². The molecule has 0 fully saturated rings. The van der Waals surface area contributed by atoms with Crippen molar-refractivity contribution in [1.29, 1.82) is 0 Å². The predicted molar refractivity (Wildman–Crippen MR) is 37.9 cm³/mol. The molecule has 0 aromatic rings. The van der Waals surface area contributed by atoms with Crippen molar-refractivity contribution in [1.82, 2.24) is 5.32 Å². The smallest absolute Gasteiger partial charge is 0.255 e. The van der Waals surface area contributed by atoms with E-state index in [1.165, 1.54) is 0 Å². The van der Waals surface area contributed by atoms with Crippen molar-refractivity contribution in [2.75, 3.05) is 0 Å². The highest BCUT2D eigenvalue weighted by Crippen LogP contribution is 2.30. The monoisotopic (exact) mass is 239 g/mol. The molecule has 0 aromatic heterocycles. The summed E-state index contributed by atoms with van der Waals surface area (Å²) < 4.78 is -0.653. The van der Waals surface area contributed by atoms with Crippen molar-refractivity contribution >= 4 is 37.8 Å². The summed E-state index contributed by atoms with van der Waals surface area (Å²) in [5, 5.41) is 2.50. The van der Waals surface area contributed by atoms with Crippen molar-refractivity contribution in [3.63, 3.8) is 0 Å². The molecule has 1 amide bonds. The normalized spacial score (nSPS) is 23.5. The minimum absolute atomic E-state index is 0.0856. The van der Waals surface area contributed by atoms with Crippen LogP contribution in [0.1, 0.15) is 0 Å². The minimum Gasteiger partial charge on any atom is -0.331 e. The molecule has 2 nitrogen and oxygen atoms in total. The summed E-state index contributed by atoms with van der Waals surface area (Å²) in [4.78, 5) is 10.6. The molecule has 8 heavy (non-hydrogen) atoms. The fourth-order valence-corrected chi connectivity index (χ4v) is 0.887. The fraction of sp³-hybridized carbons (Fsp3) is 0.250. The van der Waals surface area contributed by atoms with Crippen LogP contribution < -0.4 is 5.32 Å². The van der Waals surface area contributed by atoms with E-state index in [0.717, 1.165) is 0 Å². The van der Waals surface area contributed by atoms with Crippen LogP contribution in [0.25, 0.3) is 0 Å². The zero-order valence-electron chi connectivity index (χ0n) is 3.82. The van der Waals surface area contributed by atoms with E-state index in [1.807, 2.05) is 0 Å². The lowest BCUT2D eigenvalue weighted by Gasteiger charge is -2.04. The van der Waals surface area contributed by atoms with E-state index in [2.05, 4.69) is 37.2 Å². The second kappa shape index (κ2) is 1.84. The van der Waals surface area contributed by atoms with Gasteiger partial charge in [-0.25, -0.2) is 0 Å². The molecule has 0 aromatic carbocycles. The van der Waals surface area contributed by atoms with Crippen LogP contribution in [0.5, 0.6) is 0 Å². The summed E-state index contributed by atoms with van der Waals surface area (Å²) in [6.45, 7) is 0. The molecule has 0 aliphatic carbocycles. The molecule has 0 saturated heterocycles. The van der Waals surface area contributed by atoms with E-state index in [0.29, 0.717) is 0 Å². The third-order valence-corrected chi connectivity index (χ3v) is 2.06. The van der Waals surface area contributed by atoms with Crippen LogP contribution in [-0.4, -0.2) is 9.14 Å². The number of halogens is 2. The molecular formula is C4H3Br2NO. The molecule has 0 atom stereocenters. The number of carbonyl (C=O) groups excluding carboxylic acids is 1. The van der Waals surface area contributed by atoms with Gasteiger partial charge in [-0.1, -0.05) is 31.9 Å². The Labute approximate surface area is 63.6 Å². The third kappa shape index (κ3) is 0.951. The number of amides is 1. The van der Waals surface area contributed by atoms with Gasteiger partial charge in [-0.15, -0.1) is 0 Å². The maximum absolute atomic E-state index is 10.6. The molecule has 4 heteroatoms. The summed E-state index contributed by atoms with van der Waals surface area (Å²) in [5.74, 6) is -0.0856. The van der Waals surface area contributed by atoms with Gasteiger partial charge in [-0.2, -0.15) is 0 Å². The van der Waals surface area contributed by atoms with Crippen molar-refractivity contribution in [3.05, 3.63) is 12.3 Å². The Bertz CT molecular complexity index is 152. The Morgan fingerprint density at radius 3 is 2.38 bits per heavy atom. The third-order valence-electron chi connectivity index (χ3n) is 0.810. The van der Waals surface area contributed by atoms with Crippen LogP contribution in [0.2, 0.25) is 0 Å². The van der Waals surface area contributed by atoms with Crippen molar-refractivity contribution in [2.24, 2.45) is 0 Å². The van der Waals surface area contributed by atoms with Crippen molar-refractivity contribution < 1.29 is 4.79 Å². The molecule has 0 bridgehead atoms. The van der Waals surface area contributed by atoms with Crippen LogP contribution in [0, 0.1) is 0 Å². The fourth-order valence-electron chi connectivity index (χ4n) is 0.394. The Morgan fingerprint density at radius 1 is 1.62 bits per heavy atom. The number of hydrogen-bond acceptors (Lipinski definition) is 1. The molecule has 1 aliphatic heterocycles. The number of alkyl halides is 2. The number of hydrogen-bond donors (Lipinski definition) is 1. The van der Waals surface area contributed by atoms with E-state index in [9.17, 15) is 4.79 Å². The number of carbonyl (C=O) groups is 1. The quantitative estimate of drug-likeness (QED) is 0.632. The molecule has 0 saturated carbocycles. The molecule has 1 N–H and O–H groups in total. The molecule has 0 unspecified atom stereocenters. The summed E-state index contributed by atoms with van der Waals surface area (Å²) in [6.07, 6.45) is 3.28. The van der Waals surface area contributed by atoms with Gasteiger partial charge >= 0.3 is 0 Å². The molecule has 0 radical (unpaired) electrons. The predicted octanol–water partition coefficient (Wildman–Crippen LogP) is 1.12. The van der Waals surface area contributed by atoms with E-state index < -0.39 is 3.23 Å². The summed E-state index contributed by atoms with van der Waals surface area (Å²) in [5.41, 5.74) is 0. The van der Waals surface area contributed by atoms with Gasteiger partial charge in [0.05, 0.1) is 0 Å². The Morgan fingerprint density at radius 2 is 2.25 bits per heavy atom. The van der Waals surface area contributed by atoms with E-state index in [4.69, 9.17) is 0 Å². The first-order valence-electron chi connectivity index (χ1n) is 1.99. The van der Waals surface area contributed by atoms with Crippen LogP contribution >= 0.6 is 31.9 Å². The van der Waals surface area contributed by atoms with Gasteiger partial charge in [0.1, 0.15) is 0 Å². The highest BCUT2D eigenvalue weighted by molar-refractivity contribution is 9.26. The van der Waals surface area contributed by atoms with Crippen LogP contribution in [0.15, 0.2) is 12.3 Å². The van der Waals surface area contributed by atoms with Gasteiger partial charge in [-0.05, 0) is 6.08 Å². The second-order valence-electron chi connectivity index (χ2n) is 1.43. The molecular weight excluding hydrogens is 238 g/mol. The lowest BCUT2D eigenvalue weighted by molar-refractivity contribution is -0.118. The summed E-state index contributed by atoms with van der Waals surface area (Å²) in [6, 6.07) is 0. The zero-order chi connectivity index (χ0) is 6.20. The Hall–Kier alpha value is 0.170. The molecule has 1 aliphatic rings. The summed E-state index contributed by atoms with van der Waals surface area (Å²) >= 11 is 6.25. The number of nitrogens with one attached hydrogen (secondary N) is 1. The van der Waals surface area contributed by atoms with E-state index >= 15 is 0 Å². The van der Waals surface area contributed by atoms with Gasteiger partial charge in [0.2, 0.25) is 0 Å². The van der Waals surface area contributed by atoms with Gasteiger partial charge in [0, 0.05) is 6.20 Å². The molecule has 0 spiro atoms. The van der Waals surface area contributed by atoms with Crippen LogP contribution in [0.3, 0.4) is 0 Å². The van der Waals surface area contributed by atoms with Crippen molar-refractivity contribution in [3.8, 4) is 0 Å². The maximum atomic E-state index is 10.6. The van der Waals surface area contributed by atoms with E-state index in [-0.39, 0.29) is 5.91 Å². The molecule has 44 valence electrons. The molecule has 1 heterocycles. The zero-order valence-corrected chi connectivity index (χ0v) is 6.99. The number of rotatable bonds is 0. The second-order valence-corrected chi connectivity index (χ2v) is 5.00. The Balaban J connectivity index is 2.82. The lowest BCUT2D eigenvalue weighted by atomic mass is 10.5. The average molecular weight is 241 g/mol. The van der Waals surface area contributed by atoms with Gasteiger partial charge in [-0.3, -0.25) is 4.79 Å². The minimum atomic E-state index is -0.653. The van der Waals surface area contributed by atoms with Gasteiger partial charge < -0.3 is 5.32 Å².